The summed E-state index contributed by atoms with van der Waals surface area (Å²) in [6, 6.07) is 0. The van der Waals surface area contributed by atoms with Crippen LogP contribution in [-0.4, -0.2) is 41.0 Å². The summed E-state index contributed by atoms with van der Waals surface area (Å²) in [5.41, 5.74) is 6.67. The lowest BCUT2D eigenvalue weighted by Gasteiger charge is -2.26. The summed E-state index contributed by atoms with van der Waals surface area (Å²) in [5.74, 6) is 1.41. The van der Waals surface area contributed by atoms with Gasteiger partial charge in [0.2, 0.25) is 0 Å². The van der Waals surface area contributed by atoms with E-state index >= 15 is 0 Å². The topological polar surface area (TPSA) is 67.1 Å². The van der Waals surface area contributed by atoms with Crippen LogP contribution in [0.4, 0.5) is 11.6 Å². The van der Waals surface area contributed by atoms with E-state index in [-0.39, 0.29) is 0 Å². The van der Waals surface area contributed by atoms with E-state index in [1.54, 1.807) is 0 Å². The Balaban J connectivity index is 1.79. The Labute approximate surface area is 102 Å². The molecule has 0 spiro atoms. The normalized spacial score (nSPS) is 17.0. The molecular formula is C12H21N5. The van der Waals surface area contributed by atoms with Crippen LogP contribution < -0.4 is 11.1 Å². The first-order valence-electron chi connectivity index (χ1n) is 6.30. The standard InChI is InChI=1S/C12H21N5/c1-10-11(13)15-9-16-12(10)14-5-8-17-6-3-2-4-7-17/h9H,2-8H2,1H3,(H3,13,14,15,16). The van der Waals surface area contributed by atoms with Crippen LogP contribution in [0.1, 0.15) is 24.8 Å². The van der Waals surface area contributed by atoms with Crippen LogP contribution in [0.5, 0.6) is 0 Å². The van der Waals surface area contributed by atoms with E-state index in [1.807, 2.05) is 6.92 Å². The third kappa shape index (κ3) is 3.30. The number of nitrogens with zero attached hydrogens (tertiary/aromatic N) is 3. The zero-order chi connectivity index (χ0) is 12.1. The lowest BCUT2D eigenvalue weighted by Crippen LogP contribution is -2.33. The number of hydrogen-bond donors (Lipinski definition) is 2. The van der Waals surface area contributed by atoms with Gasteiger partial charge in [0.1, 0.15) is 18.0 Å². The molecule has 1 aromatic rings. The Morgan fingerprint density at radius 3 is 2.82 bits per heavy atom. The SMILES string of the molecule is Cc1c(N)ncnc1NCCN1CCCCC1. The highest BCUT2D eigenvalue weighted by Gasteiger charge is 2.09. The second-order valence-corrected chi connectivity index (χ2v) is 4.56. The number of piperidine rings is 1. The van der Waals surface area contributed by atoms with Gasteiger partial charge < -0.3 is 16.0 Å². The number of likely N-dealkylation sites (tertiary alicyclic amines) is 1. The molecule has 1 fully saturated rings. The number of aromatic nitrogens is 2. The molecule has 0 aromatic carbocycles. The lowest BCUT2D eigenvalue weighted by atomic mass is 10.1. The molecule has 1 aliphatic heterocycles. The van der Waals surface area contributed by atoms with Crippen LogP contribution >= 0.6 is 0 Å². The van der Waals surface area contributed by atoms with E-state index in [0.717, 1.165) is 24.5 Å². The van der Waals surface area contributed by atoms with Crippen molar-refractivity contribution in [2.24, 2.45) is 0 Å². The molecule has 94 valence electrons. The molecule has 1 saturated heterocycles. The zero-order valence-electron chi connectivity index (χ0n) is 10.4. The molecule has 0 atom stereocenters. The third-order valence-corrected chi connectivity index (χ3v) is 3.29. The van der Waals surface area contributed by atoms with Crippen LogP contribution in [0.25, 0.3) is 0 Å². The molecule has 5 nitrogen and oxygen atoms in total. The number of hydrogen-bond acceptors (Lipinski definition) is 5. The van der Waals surface area contributed by atoms with Gasteiger partial charge in [-0.2, -0.15) is 0 Å². The second kappa shape index (κ2) is 5.82. The van der Waals surface area contributed by atoms with Gasteiger partial charge in [0, 0.05) is 18.7 Å². The van der Waals surface area contributed by atoms with Gasteiger partial charge in [0.25, 0.3) is 0 Å². The molecule has 2 heterocycles. The largest absolute Gasteiger partial charge is 0.383 e. The van der Waals surface area contributed by atoms with Crippen molar-refractivity contribution in [1.29, 1.82) is 0 Å². The maximum atomic E-state index is 5.73. The predicted octanol–water partition coefficient (Wildman–Crippen LogP) is 1.27. The van der Waals surface area contributed by atoms with Gasteiger partial charge in [0.15, 0.2) is 0 Å². The van der Waals surface area contributed by atoms with Crippen molar-refractivity contribution in [2.75, 3.05) is 37.2 Å². The average Bonchev–Trinajstić information content (AvgIpc) is 2.36. The van der Waals surface area contributed by atoms with Crippen LogP contribution in [0.15, 0.2) is 6.33 Å². The Kier molecular flexibility index (Phi) is 4.14. The smallest absolute Gasteiger partial charge is 0.134 e. The minimum atomic E-state index is 0.556. The average molecular weight is 235 g/mol. The minimum absolute atomic E-state index is 0.556. The summed E-state index contributed by atoms with van der Waals surface area (Å²) in [6.45, 7) is 6.39. The molecule has 0 amide bonds. The van der Waals surface area contributed by atoms with Gasteiger partial charge in [-0.1, -0.05) is 6.42 Å². The molecule has 0 aliphatic carbocycles. The molecule has 3 N–H and O–H groups in total. The molecule has 0 unspecified atom stereocenters. The van der Waals surface area contributed by atoms with Gasteiger partial charge in [-0.3, -0.25) is 0 Å². The van der Waals surface area contributed by atoms with Gasteiger partial charge in [-0.15, -0.1) is 0 Å². The van der Waals surface area contributed by atoms with Crippen LogP contribution in [0, 0.1) is 6.92 Å². The van der Waals surface area contributed by atoms with Crippen molar-refractivity contribution in [3.05, 3.63) is 11.9 Å². The Bertz CT molecular complexity index is 360. The van der Waals surface area contributed by atoms with E-state index in [0.29, 0.717) is 5.82 Å². The van der Waals surface area contributed by atoms with Gasteiger partial charge >= 0.3 is 0 Å². The molecule has 0 radical (unpaired) electrons. The number of anilines is 2. The Morgan fingerprint density at radius 2 is 2.06 bits per heavy atom. The summed E-state index contributed by atoms with van der Waals surface area (Å²) in [6.07, 6.45) is 5.55. The molecule has 2 rings (SSSR count). The van der Waals surface area contributed by atoms with Gasteiger partial charge in [0.05, 0.1) is 0 Å². The Morgan fingerprint density at radius 1 is 1.29 bits per heavy atom. The molecule has 1 aliphatic rings. The second-order valence-electron chi connectivity index (χ2n) is 4.56. The number of rotatable bonds is 4. The zero-order valence-corrected chi connectivity index (χ0v) is 10.4. The number of nitrogens with one attached hydrogen (secondary N) is 1. The van der Waals surface area contributed by atoms with E-state index in [2.05, 4.69) is 20.2 Å². The van der Waals surface area contributed by atoms with Crippen LogP contribution in [0.2, 0.25) is 0 Å². The molecule has 0 saturated carbocycles. The summed E-state index contributed by atoms with van der Waals surface area (Å²) in [5, 5.41) is 3.33. The summed E-state index contributed by atoms with van der Waals surface area (Å²) >= 11 is 0. The van der Waals surface area contributed by atoms with Crippen molar-refractivity contribution < 1.29 is 0 Å². The van der Waals surface area contributed by atoms with Crippen molar-refractivity contribution in [3.8, 4) is 0 Å². The fraction of sp³-hybridized carbons (Fsp3) is 0.667. The predicted molar refractivity (Wildman–Crippen MR) is 70.0 cm³/mol. The summed E-state index contributed by atoms with van der Waals surface area (Å²) in [4.78, 5) is 10.7. The van der Waals surface area contributed by atoms with Crippen molar-refractivity contribution in [1.82, 2.24) is 14.9 Å². The van der Waals surface area contributed by atoms with Gasteiger partial charge in [-0.05, 0) is 32.9 Å². The first-order chi connectivity index (χ1) is 8.27. The Hall–Kier alpha value is -1.36. The van der Waals surface area contributed by atoms with Crippen molar-refractivity contribution in [3.63, 3.8) is 0 Å². The van der Waals surface area contributed by atoms with Crippen LogP contribution in [-0.2, 0) is 0 Å². The molecule has 0 bridgehead atoms. The highest BCUT2D eigenvalue weighted by atomic mass is 15.1. The fourth-order valence-electron chi connectivity index (χ4n) is 2.16. The fourth-order valence-corrected chi connectivity index (χ4v) is 2.16. The maximum Gasteiger partial charge on any atom is 0.134 e. The van der Waals surface area contributed by atoms with E-state index in [4.69, 9.17) is 5.73 Å². The number of nitrogens with two attached hydrogens (primary N) is 1. The van der Waals surface area contributed by atoms with Crippen LogP contribution in [0.3, 0.4) is 0 Å². The minimum Gasteiger partial charge on any atom is -0.383 e. The van der Waals surface area contributed by atoms with E-state index in [1.165, 1.54) is 38.7 Å². The summed E-state index contributed by atoms with van der Waals surface area (Å²) in [7, 11) is 0. The maximum absolute atomic E-state index is 5.73. The van der Waals surface area contributed by atoms with Crippen molar-refractivity contribution in [2.45, 2.75) is 26.2 Å². The first-order valence-corrected chi connectivity index (χ1v) is 6.30. The number of nitrogen functional groups attached to an aromatic ring is 1. The lowest BCUT2D eigenvalue weighted by molar-refractivity contribution is 0.237. The van der Waals surface area contributed by atoms with E-state index in [9.17, 15) is 0 Å². The monoisotopic (exact) mass is 235 g/mol. The third-order valence-electron chi connectivity index (χ3n) is 3.29. The highest BCUT2D eigenvalue weighted by Crippen LogP contribution is 2.14. The molecular weight excluding hydrogens is 214 g/mol. The molecule has 1 aromatic heterocycles. The van der Waals surface area contributed by atoms with E-state index < -0.39 is 0 Å². The quantitative estimate of drug-likeness (QED) is 0.822. The molecule has 5 heteroatoms. The summed E-state index contributed by atoms with van der Waals surface area (Å²) < 4.78 is 0. The molecule has 17 heavy (non-hydrogen) atoms. The first kappa shape index (κ1) is 12.1. The van der Waals surface area contributed by atoms with Crippen molar-refractivity contribution >= 4 is 11.6 Å². The van der Waals surface area contributed by atoms with Gasteiger partial charge in [-0.25, -0.2) is 9.97 Å². The highest BCUT2D eigenvalue weighted by molar-refractivity contribution is 5.53.